The summed E-state index contributed by atoms with van der Waals surface area (Å²) in [5, 5.41) is 9.48. The van der Waals surface area contributed by atoms with Gasteiger partial charge in [-0.05, 0) is 30.0 Å². The first-order chi connectivity index (χ1) is 9.88. The Kier molecular flexibility index (Phi) is 3.69. The molecule has 2 heteroatoms. The Hall–Kier alpha value is -2.27. The van der Waals surface area contributed by atoms with E-state index < -0.39 is 0 Å². The minimum absolute atomic E-state index is 0.0673. The van der Waals surface area contributed by atoms with E-state index in [0.29, 0.717) is 0 Å². The van der Waals surface area contributed by atoms with Crippen LogP contribution in [0.25, 0.3) is 0 Å². The summed E-state index contributed by atoms with van der Waals surface area (Å²) in [6.07, 6.45) is 2.32. The molecule has 0 amide bonds. The second-order valence-corrected chi connectivity index (χ2v) is 5.27. The maximum absolute atomic E-state index is 9.48. The van der Waals surface area contributed by atoms with Crippen LogP contribution in [0.4, 0.5) is 5.69 Å². The van der Waals surface area contributed by atoms with Gasteiger partial charge in [-0.2, -0.15) is 5.26 Å². The van der Waals surface area contributed by atoms with Crippen molar-refractivity contribution in [2.24, 2.45) is 0 Å². The average Bonchev–Trinajstić information content (AvgIpc) is 2.53. The van der Waals surface area contributed by atoms with Gasteiger partial charge >= 0.3 is 0 Å². The summed E-state index contributed by atoms with van der Waals surface area (Å²) in [6.45, 7) is 1.82. The molecule has 1 atom stereocenters. The van der Waals surface area contributed by atoms with Crippen molar-refractivity contribution in [3.8, 4) is 6.07 Å². The fourth-order valence-corrected chi connectivity index (χ4v) is 2.93. The highest BCUT2D eigenvalue weighted by atomic mass is 15.1. The van der Waals surface area contributed by atoms with Crippen molar-refractivity contribution < 1.29 is 0 Å². The molecule has 2 aromatic rings. The zero-order valence-corrected chi connectivity index (χ0v) is 11.5. The molecule has 0 radical (unpaired) electrons. The number of rotatable bonds is 3. The van der Waals surface area contributed by atoms with E-state index in [9.17, 15) is 5.26 Å². The highest BCUT2D eigenvalue weighted by Gasteiger charge is 2.20. The molecule has 0 aliphatic carbocycles. The first kappa shape index (κ1) is 12.7. The van der Waals surface area contributed by atoms with E-state index in [-0.39, 0.29) is 5.92 Å². The van der Waals surface area contributed by atoms with Crippen LogP contribution < -0.4 is 4.90 Å². The van der Waals surface area contributed by atoms with Crippen LogP contribution in [0.3, 0.4) is 0 Å². The Morgan fingerprint density at radius 2 is 1.80 bits per heavy atom. The van der Waals surface area contributed by atoms with Crippen molar-refractivity contribution in [3.05, 3.63) is 65.7 Å². The molecule has 0 saturated carbocycles. The van der Waals surface area contributed by atoms with Gasteiger partial charge in [0.05, 0.1) is 12.0 Å². The number of nitriles is 1. The molecule has 1 aliphatic heterocycles. The van der Waals surface area contributed by atoms with E-state index in [2.05, 4.69) is 35.2 Å². The number of fused-ring (bicyclic) bond motifs is 1. The smallest absolute Gasteiger partial charge is 0.0887 e. The number of anilines is 1. The summed E-state index contributed by atoms with van der Waals surface area (Å²) in [5.41, 5.74) is 3.82. The maximum Gasteiger partial charge on any atom is 0.0887 e. The average molecular weight is 262 g/mol. The first-order valence-electron chi connectivity index (χ1n) is 7.16. The van der Waals surface area contributed by atoms with Crippen LogP contribution in [-0.2, 0) is 6.42 Å². The fourth-order valence-electron chi connectivity index (χ4n) is 2.93. The lowest BCUT2D eigenvalue weighted by Crippen LogP contribution is -2.33. The monoisotopic (exact) mass is 262 g/mol. The van der Waals surface area contributed by atoms with Gasteiger partial charge in [0.15, 0.2) is 0 Å². The predicted octanol–water partition coefficient (Wildman–Crippen LogP) is 3.75. The molecule has 1 aliphatic rings. The third kappa shape index (κ3) is 2.53. The lowest BCUT2D eigenvalue weighted by atomic mass is 9.96. The highest BCUT2D eigenvalue weighted by molar-refractivity contribution is 5.56. The molecule has 2 aromatic carbocycles. The van der Waals surface area contributed by atoms with Crippen molar-refractivity contribution in [2.45, 2.75) is 18.8 Å². The molecule has 0 saturated heterocycles. The summed E-state index contributed by atoms with van der Waals surface area (Å²) >= 11 is 0. The Bertz CT molecular complexity index is 613. The summed E-state index contributed by atoms with van der Waals surface area (Å²) in [4.78, 5) is 2.36. The number of hydrogen-bond acceptors (Lipinski definition) is 2. The molecule has 0 aromatic heterocycles. The molecule has 1 heterocycles. The molecule has 0 bridgehead atoms. The molecule has 0 fully saturated rings. The molecule has 1 unspecified atom stereocenters. The summed E-state index contributed by atoms with van der Waals surface area (Å²) < 4.78 is 0. The van der Waals surface area contributed by atoms with Gasteiger partial charge in [-0.3, -0.25) is 0 Å². The number of aryl methyl sites for hydroxylation is 1. The lowest BCUT2D eigenvalue weighted by molar-refractivity contribution is 0.666. The van der Waals surface area contributed by atoms with Gasteiger partial charge in [0.2, 0.25) is 0 Å². The van der Waals surface area contributed by atoms with Gasteiger partial charge in [0.1, 0.15) is 0 Å². The Morgan fingerprint density at radius 3 is 2.60 bits per heavy atom. The molecule has 100 valence electrons. The standard InChI is InChI=1S/C18H18N2/c19-13-17(15-7-2-1-3-8-15)14-20-12-6-10-16-9-4-5-11-18(16)20/h1-5,7-9,11,17H,6,10,12,14H2. The van der Waals surface area contributed by atoms with Gasteiger partial charge in [-0.25, -0.2) is 0 Å². The van der Waals surface area contributed by atoms with E-state index in [4.69, 9.17) is 0 Å². The Morgan fingerprint density at radius 1 is 1.05 bits per heavy atom. The number of hydrogen-bond donors (Lipinski definition) is 0. The molecule has 3 rings (SSSR count). The van der Waals surface area contributed by atoms with Crippen molar-refractivity contribution in [1.82, 2.24) is 0 Å². The quantitative estimate of drug-likeness (QED) is 0.842. The second-order valence-electron chi connectivity index (χ2n) is 5.27. The number of benzene rings is 2. The molecular formula is C18H18N2. The van der Waals surface area contributed by atoms with Gasteiger partial charge < -0.3 is 4.90 Å². The Labute approximate surface area is 120 Å². The SMILES string of the molecule is N#CC(CN1CCCc2ccccc21)c1ccccc1. The normalized spacial score (nSPS) is 15.2. The van der Waals surface area contributed by atoms with Crippen LogP contribution in [0.5, 0.6) is 0 Å². The second kappa shape index (κ2) is 5.79. The van der Waals surface area contributed by atoms with Gasteiger partial charge in [0, 0.05) is 18.8 Å². The van der Waals surface area contributed by atoms with Gasteiger partial charge in [0.25, 0.3) is 0 Å². The van der Waals surface area contributed by atoms with Gasteiger partial charge in [-0.15, -0.1) is 0 Å². The molecule has 20 heavy (non-hydrogen) atoms. The Balaban J connectivity index is 1.83. The number of nitrogens with zero attached hydrogens (tertiary/aromatic N) is 2. The minimum Gasteiger partial charge on any atom is -0.370 e. The summed E-state index contributed by atoms with van der Waals surface area (Å²) in [5.74, 6) is -0.0673. The predicted molar refractivity (Wildman–Crippen MR) is 81.8 cm³/mol. The summed E-state index contributed by atoms with van der Waals surface area (Å²) in [7, 11) is 0. The van der Waals surface area contributed by atoms with E-state index >= 15 is 0 Å². The molecule has 2 nitrogen and oxygen atoms in total. The van der Waals surface area contributed by atoms with E-state index in [1.807, 2.05) is 30.3 Å². The van der Waals surface area contributed by atoms with Crippen LogP contribution >= 0.6 is 0 Å². The summed E-state index contributed by atoms with van der Waals surface area (Å²) in [6, 6.07) is 21.1. The zero-order chi connectivity index (χ0) is 13.8. The van der Waals surface area contributed by atoms with Crippen molar-refractivity contribution in [3.63, 3.8) is 0 Å². The fraction of sp³-hybridized carbons (Fsp3) is 0.278. The lowest BCUT2D eigenvalue weighted by Gasteiger charge is -2.32. The zero-order valence-electron chi connectivity index (χ0n) is 11.5. The number of para-hydroxylation sites is 1. The topological polar surface area (TPSA) is 27.0 Å². The van der Waals surface area contributed by atoms with Crippen LogP contribution in [-0.4, -0.2) is 13.1 Å². The van der Waals surface area contributed by atoms with E-state index in [1.54, 1.807) is 0 Å². The van der Waals surface area contributed by atoms with Crippen molar-refractivity contribution in [1.29, 1.82) is 5.26 Å². The van der Waals surface area contributed by atoms with E-state index in [1.165, 1.54) is 17.7 Å². The maximum atomic E-state index is 9.48. The van der Waals surface area contributed by atoms with Crippen LogP contribution in [0.2, 0.25) is 0 Å². The van der Waals surface area contributed by atoms with E-state index in [0.717, 1.165) is 25.1 Å². The molecular weight excluding hydrogens is 244 g/mol. The van der Waals surface area contributed by atoms with Crippen LogP contribution in [0, 0.1) is 11.3 Å². The minimum atomic E-state index is -0.0673. The van der Waals surface area contributed by atoms with Crippen molar-refractivity contribution in [2.75, 3.05) is 18.0 Å². The largest absolute Gasteiger partial charge is 0.370 e. The highest BCUT2D eigenvalue weighted by Crippen LogP contribution is 2.29. The van der Waals surface area contributed by atoms with Crippen molar-refractivity contribution >= 4 is 5.69 Å². The van der Waals surface area contributed by atoms with Gasteiger partial charge in [-0.1, -0.05) is 48.5 Å². The van der Waals surface area contributed by atoms with Crippen LogP contribution in [0.15, 0.2) is 54.6 Å². The molecule has 0 spiro atoms. The third-order valence-electron chi connectivity index (χ3n) is 3.97. The van der Waals surface area contributed by atoms with Crippen LogP contribution in [0.1, 0.15) is 23.5 Å². The molecule has 0 N–H and O–H groups in total. The first-order valence-corrected chi connectivity index (χ1v) is 7.16. The third-order valence-corrected chi connectivity index (χ3v) is 3.97.